The molecule has 150 valence electrons. The SMILES string of the molecule is CCc1cc(=O)[nH]c(-c2ccc(NCC3CCN(c4ccc(F)cc4)C3)nc2)n1. The molecule has 0 spiro atoms. The van der Waals surface area contributed by atoms with E-state index in [0.29, 0.717) is 18.2 Å². The summed E-state index contributed by atoms with van der Waals surface area (Å²) in [6.45, 7) is 4.70. The fourth-order valence-corrected chi connectivity index (χ4v) is 3.60. The molecule has 29 heavy (non-hydrogen) atoms. The van der Waals surface area contributed by atoms with Crippen LogP contribution in [0.5, 0.6) is 0 Å². The predicted molar refractivity (Wildman–Crippen MR) is 113 cm³/mol. The summed E-state index contributed by atoms with van der Waals surface area (Å²) in [7, 11) is 0. The van der Waals surface area contributed by atoms with Crippen molar-refractivity contribution >= 4 is 11.5 Å². The van der Waals surface area contributed by atoms with Crippen LogP contribution in [0.25, 0.3) is 11.4 Å². The van der Waals surface area contributed by atoms with Crippen LogP contribution in [0.4, 0.5) is 15.9 Å². The van der Waals surface area contributed by atoms with Crippen molar-refractivity contribution in [1.82, 2.24) is 15.0 Å². The van der Waals surface area contributed by atoms with Crippen LogP contribution in [0.1, 0.15) is 19.0 Å². The molecule has 0 bridgehead atoms. The number of pyridine rings is 1. The molecule has 1 aliphatic rings. The lowest BCUT2D eigenvalue weighted by atomic mass is 10.1. The van der Waals surface area contributed by atoms with E-state index in [1.807, 2.05) is 31.2 Å². The summed E-state index contributed by atoms with van der Waals surface area (Å²) < 4.78 is 13.1. The summed E-state index contributed by atoms with van der Waals surface area (Å²) in [6, 6.07) is 12.0. The van der Waals surface area contributed by atoms with E-state index in [9.17, 15) is 9.18 Å². The van der Waals surface area contributed by atoms with E-state index >= 15 is 0 Å². The Labute approximate surface area is 168 Å². The molecule has 7 heteroatoms. The third kappa shape index (κ3) is 4.62. The number of hydrogen-bond donors (Lipinski definition) is 2. The molecule has 4 rings (SSSR count). The summed E-state index contributed by atoms with van der Waals surface area (Å²) in [4.78, 5) is 25.7. The van der Waals surface area contributed by atoms with Gasteiger partial charge in [-0.3, -0.25) is 4.79 Å². The first-order valence-electron chi connectivity index (χ1n) is 9.92. The van der Waals surface area contributed by atoms with Crippen LogP contribution in [0.3, 0.4) is 0 Å². The van der Waals surface area contributed by atoms with Gasteiger partial charge < -0.3 is 15.2 Å². The molecule has 1 aliphatic heterocycles. The van der Waals surface area contributed by atoms with Crippen LogP contribution in [0.15, 0.2) is 53.5 Å². The molecule has 0 amide bonds. The number of benzene rings is 1. The number of nitrogens with one attached hydrogen (secondary N) is 2. The van der Waals surface area contributed by atoms with Gasteiger partial charge in [0.25, 0.3) is 5.56 Å². The normalized spacial score (nSPS) is 16.2. The van der Waals surface area contributed by atoms with E-state index in [4.69, 9.17) is 0 Å². The van der Waals surface area contributed by atoms with E-state index in [2.05, 4.69) is 25.2 Å². The van der Waals surface area contributed by atoms with Gasteiger partial charge in [-0.25, -0.2) is 14.4 Å². The number of hydrogen-bond acceptors (Lipinski definition) is 5. The topological polar surface area (TPSA) is 73.9 Å². The quantitative estimate of drug-likeness (QED) is 0.671. The van der Waals surface area contributed by atoms with E-state index in [1.165, 1.54) is 18.2 Å². The van der Waals surface area contributed by atoms with Gasteiger partial charge in [0.1, 0.15) is 17.5 Å². The van der Waals surface area contributed by atoms with Crippen molar-refractivity contribution < 1.29 is 4.39 Å². The first-order valence-corrected chi connectivity index (χ1v) is 9.92. The fourth-order valence-electron chi connectivity index (χ4n) is 3.60. The molecule has 3 aromatic rings. The second-order valence-electron chi connectivity index (χ2n) is 7.33. The minimum atomic E-state index is -0.207. The van der Waals surface area contributed by atoms with Gasteiger partial charge in [0.05, 0.1) is 0 Å². The second kappa shape index (κ2) is 8.43. The number of anilines is 2. The average Bonchev–Trinajstić information content (AvgIpc) is 3.22. The van der Waals surface area contributed by atoms with Crippen molar-refractivity contribution in [2.24, 2.45) is 5.92 Å². The zero-order valence-electron chi connectivity index (χ0n) is 16.4. The lowest BCUT2D eigenvalue weighted by Crippen LogP contribution is -2.22. The molecule has 1 unspecified atom stereocenters. The van der Waals surface area contributed by atoms with E-state index in [-0.39, 0.29) is 11.4 Å². The van der Waals surface area contributed by atoms with Gasteiger partial charge in [0.15, 0.2) is 0 Å². The van der Waals surface area contributed by atoms with Gasteiger partial charge >= 0.3 is 0 Å². The zero-order chi connectivity index (χ0) is 20.2. The number of halogens is 1. The molecule has 3 heterocycles. The van der Waals surface area contributed by atoms with Crippen LogP contribution >= 0.6 is 0 Å². The fraction of sp³-hybridized carbons (Fsp3) is 0.318. The predicted octanol–water partition coefficient (Wildman–Crippen LogP) is 3.47. The highest BCUT2D eigenvalue weighted by Gasteiger charge is 2.22. The Morgan fingerprint density at radius 3 is 2.79 bits per heavy atom. The Bertz CT molecular complexity index is 1020. The molecule has 0 saturated carbocycles. The van der Waals surface area contributed by atoms with E-state index < -0.39 is 0 Å². The monoisotopic (exact) mass is 393 g/mol. The minimum Gasteiger partial charge on any atom is -0.371 e. The highest BCUT2D eigenvalue weighted by atomic mass is 19.1. The molecule has 1 saturated heterocycles. The van der Waals surface area contributed by atoms with Gasteiger partial charge in [-0.2, -0.15) is 0 Å². The Morgan fingerprint density at radius 1 is 1.24 bits per heavy atom. The largest absolute Gasteiger partial charge is 0.371 e. The molecule has 1 aromatic carbocycles. The van der Waals surface area contributed by atoms with Gasteiger partial charge in [-0.1, -0.05) is 6.92 Å². The average molecular weight is 393 g/mol. The third-order valence-corrected chi connectivity index (χ3v) is 5.24. The Morgan fingerprint density at radius 2 is 2.07 bits per heavy atom. The van der Waals surface area contributed by atoms with Gasteiger partial charge in [-0.15, -0.1) is 0 Å². The van der Waals surface area contributed by atoms with Crippen molar-refractivity contribution in [3.63, 3.8) is 0 Å². The smallest absolute Gasteiger partial charge is 0.251 e. The number of rotatable bonds is 6. The first kappa shape index (κ1) is 19.1. The molecule has 0 aliphatic carbocycles. The minimum absolute atomic E-state index is 0.152. The van der Waals surface area contributed by atoms with E-state index in [1.54, 1.807) is 6.20 Å². The van der Waals surface area contributed by atoms with Gasteiger partial charge in [0.2, 0.25) is 0 Å². The maximum atomic E-state index is 13.1. The molecular weight excluding hydrogens is 369 g/mol. The summed E-state index contributed by atoms with van der Waals surface area (Å²) in [5.41, 5.74) is 2.46. The molecule has 0 radical (unpaired) electrons. The Kier molecular flexibility index (Phi) is 5.55. The van der Waals surface area contributed by atoms with Crippen LogP contribution in [-0.2, 0) is 6.42 Å². The first-order chi connectivity index (χ1) is 14.1. The molecule has 1 atom stereocenters. The highest BCUT2D eigenvalue weighted by Crippen LogP contribution is 2.24. The highest BCUT2D eigenvalue weighted by molar-refractivity contribution is 5.56. The number of aryl methyl sites for hydroxylation is 1. The maximum Gasteiger partial charge on any atom is 0.251 e. The molecule has 1 fully saturated rings. The summed E-state index contributed by atoms with van der Waals surface area (Å²) in [6.07, 6.45) is 3.51. The second-order valence-corrected chi connectivity index (χ2v) is 7.33. The Balaban J connectivity index is 1.34. The number of aromatic nitrogens is 3. The van der Waals surface area contributed by atoms with Crippen molar-refractivity contribution in [3.05, 3.63) is 70.5 Å². The standard InChI is InChI=1S/C22H24FN5O/c1-2-18-11-21(29)27-22(26-18)16-3-8-20(25-13-16)24-12-15-9-10-28(14-15)19-6-4-17(23)5-7-19/h3-8,11,13,15H,2,9-10,12,14H2,1H3,(H,24,25)(H,26,27,29). The van der Waals surface area contributed by atoms with Gasteiger partial charge in [-0.05, 0) is 55.2 Å². The molecular formula is C22H24FN5O. The van der Waals surface area contributed by atoms with Gasteiger partial charge in [0, 0.05) is 48.8 Å². The van der Waals surface area contributed by atoms with Crippen molar-refractivity contribution in [2.75, 3.05) is 29.9 Å². The van der Waals surface area contributed by atoms with Crippen molar-refractivity contribution in [3.8, 4) is 11.4 Å². The lowest BCUT2D eigenvalue weighted by Gasteiger charge is -2.19. The summed E-state index contributed by atoms with van der Waals surface area (Å²) in [5.74, 6) is 1.63. The maximum absolute atomic E-state index is 13.1. The zero-order valence-corrected chi connectivity index (χ0v) is 16.4. The van der Waals surface area contributed by atoms with Crippen LogP contribution in [-0.4, -0.2) is 34.6 Å². The third-order valence-electron chi connectivity index (χ3n) is 5.24. The van der Waals surface area contributed by atoms with E-state index in [0.717, 1.165) is 48.8 Å². The number of H-pyrrole nitrogens is 1. The Hall–Kier alpha value is -3.22. The number of nitrogens with zero attached hydrogens (tertiary/aromatic N) is 3. The summed E-state index contributed by atoms with van der Waals surface area (Å²) in [5, 5.41) is 3.39. The van der Waals surface area contributed by atoms with Crippen LogP contribution in [0.2, 0.25) is 0 Å². The molecule has 2 aromatic heterocycles. The summed E-state index contributed by atoms with van der Waals surface area (Å²) >= 11 is 0. The molecule has 6 nitrogen and oxygen atoms in total. The van der Waals surface area contributed by atoms with Crippen LogP contribution < -0.4 is 15.8 Å². The molecule has 2 N–H and O–H groups in total. The van der Waals surface area contributed by atoms with Crippen LogP contribution in [0, 0.1) is 11.7 Å². The van der Waals surface area contributed by atoms with Crippen molar-refractivity contribution in [1.29, 1.82) is 0 Å². The lowest BCUT2D eigenvalue weighted by molar-refractivity contribution is 0.620. The number of aromatic amines is 1. The van der Waals surface area contributed by atoms with Crippen molar-refractivity contribution in [2.45, 2.75) is 19.8 Å².